The fourth-order valence-electron chi connectivity index (χ4n) is 1.07. The molecule has 0 heterocycles. The van der Waals surface area contributed by atoms with Crippen LogP contribution in [0.4, 0.5) is 11.4 Å². The van der Waals surface area contributed by atoms with E-state index in [1.54, 1.807) is 6.07 Å². The van der Waals surface area contributed by atoms with Gasteiger partial charge in [-0.1, -0.05) is 6.92 Å². The Bertz CT molecular complexity index is 315. The average Bonchev–Trinajstić information content (AvgIpc) is 2.03. The number of rotatable bonds is 2. The van der Waals surface area contributed by atoms with E-state index in [4.69, 9.17) is 5.73 Å². The summed E-state index contributed by atoms with van der Waals surface area (Å²) < 4.78 is 0. The van der Waals surface area contributed by atoms with Crippen LogP contribution in [0.1, 0.15) is 12.5 Å². The van der Waals surface area contributed by atoms with Crippen LogP contribution in [0.2, 0.25) is 0 Å². The summed E-state index contributed by atoms with van der Waals surface area (Å²) in [6, 6.07) is 4.61. The first-order valence-corrected chi connectivity index (χ1v) is 3.68. The Balaban J connectivity index is 0.00000144. The van der Waals surface area contributed by atoms with E-state index in [1.807, 2.05) is 6.92 Å². The second-order valence-electron chi connectivity index (χ2n) is 2.50. The summed E-state index contributed by atoms with van der Waals surface area (Å²) in [6.07, 6.45) is 0.626. The fourth-order valence-corrected chi connectivity index (χ4v) is 1.07. The van der Waals surface area contributed by atoms with E-state index in [1.165, 1.54) is 12.1 Å². The monoisotopic (exact) mass is 246 g/mol. The lowest BCUT2D eigenvalue weighted by molar-refractivity contribution is -0.385. The Morgan fingerprint density at radius 1 is 1.54 bits per heavy atom. The molecule has 0 radical (unpaired) electrons. The number of hydrogen-bond donors (Lipinski definition) is 1. The lowest BCUT2D eigenvalue weighted by Crippen LogP contribution is -1.95. The molecule has 0 unspecified atom stereocenters. The Labute approximate surface area is 86.7 Å². The second kappa shape index (κ2) is 4.81. The van der Waals surface area contributed by atoms with Crippen LogP contribution >= 0.6 is 17.0 Å². The number of aryl methyl sites for hydroxylation is 1. The van der Waals surface area contributed by atoms with Crippen LogP contribution in [0.5, 0.6) is 0 Å². The largest absolute Gasteiger partial charge is 0.399 e. The summed E-state index contributed by atoms with van der Waals surface area (Å²) in [6.45, 7) is 1.86. The maximum Gasteiger partial charge on any atom is 0.272 e. The van der Waals surface area contributed by atoms with E-state index in [-0.39, 0.29) is 22.7 Å². The minimum absolute atomic E-state index is 0. The second-order valence-corrected chi connectivity index (χ2v) is 2.50. The van der Waals surface area contributed by atoms with Crippen molar-refractivity contribution in [2.75, 3.05) is 5.73 Å². The van der Waals surface area contributed by atoms with E-state index in [9.17, 15) is 10.1 Å². The normalized spacial score (nSPS) is 9.00. The molecule has 2 N–H and O–H groups in total. The fraction of sp³-hybridized carbons (Fsp3) is 0.250. The molecule has 1 rings (SSSR count). The molecular weight excluding hydrogens is 236 g/mol. The summed E-state index contributed by atoms with van der Waals surface area (Å²) in [5.41, 5.74) is 6.87. The first kappa shape index (κ1) is 11.9. The number of hydrogen-bond acceptors (Lipinski definition) is 3. The van der Waals surface area contributed by atoms with Crippen molar-refractivity contribution >= 4 is 28.4 Å². The van der Waals surface area contributed by atoms with Crippen LogP contribution in [0.15, 0.2) is 18.2 Å². The summed E-state index contributed by atoms with van der Waals surface area (Å²) in [4.78, 5) is 10.1. The molecule has 0 bridgehead atoms. The predicted molar refractivity (Wildman–Crippen MR) is 57.2 cm³/mol. The lowest BCUT2D eigenvalue weighted by atomic mass is 10.1. The van der Waals surface area contributed by atoms with Crippen LogP contribution in [0.3, 0.4) is 0 Å². The van der Waals surface area contributed by atoms with Crippen molar-refractivity contribution in [2.24, 2.45) is 0 Å². The van der Waals surface area contributed by atoms with Gasteiger partial charge >= 0.3 is 0 Å². The molecule has 1 aromatic carbocycles. The minimum atomic E-state index is -0.391. The highest BCUT2D eigenvalue weighted by Crippen LogP contribution is 2.21. The molecule has 0 fully saturated rings. The number of anilines is 1. The molecule has 0 amide bonds. The van der Waals surface area contributed by atoms with E-state index in [0.29, 0.717) is 17.7 Å². The van der Waals surface area contributed by atoms with Crippen LogP contribution in [-0.2, 0) is 6.42 Å². The number of halogens is 1. The van der Waals surface area contributed by atoms with Crippen molar-refractivity contribution in [3.63, 3.8) is 0 Å². The number of nitro benzene ring substituents is 1. The third kappa shape index (κ3) is 2.69. The van der Waals surface area contributed by atoms with Gasteiger partial charge in [-0.3, -0.25) is 10.1 Å². The molecule has 5 heteroatoms. The molecule has 0 atom stereocenters. The van der Waals surface area contributed by atoms with Gasteiger partial charge in [0, 0.05) is 17.3 Å². The third-order valence-corrected chi connectivity index (χ3v) is 1.68. The van der Waals surface area contributed by atoms with E-state index >= 15 is 0 Å². The Morgan fingerprint density at radius 3 is 2.62 bits per heavy atom. The molecule has 0 aliphatic rings. The molecule has 0 saturated carbocycles. The zero-order valence-corrected chi connectivity index (χ0v) is 8.90. The zero-order chi connectivity index (χ0) is 9.14. The van der Waals surface area contributed by atoms with E-state index in [2.05, 4.69) is 0 Å². The quantitative estimate of drug-likeness (QED) is 0.495. The van der Waals surface area contributed by atoms with Gasteiger partial charge in [-0.15, -0.1) is 17.0 Å². The van der Waals surface area contributed by atoms with Gasteiger partial charge in [-0.2, -0.15) is 0 Å². The van der Waals surface area contributed by atoms with Crippen molar-refractivity contribution in [3.05, 3.63) is 33.9 Å². The molecule has 0 saturated heterocycles. The first-order valence-electron chi connectivity index (χ1n) is 3.68. The van der Waals surface area contributed by atoms with Crippen molar-refractivity contribution in [1.29, 1.82) is 0 Å². The highest BCUT2D eigenvalue weighted by atomic mass is 79.9. The lowest BCUT2D eigenvalue weighted by Gasteiger charge is -1.99. The highest BCUT2D eigenvalue weighted by Gasteiger charge is 2.10. The highest BCUT2D eigenvalue weighted by molar-refractivity contribution is 8.93. The zero-order valence-electron chi connectivity index (χ0n) is 7.19. The molecule has 72 valence electrons. The number of nitrogens with two attached hydrogens (primary N) is 1. The number of nitrogen functional groups attached to an aromatic ring is 1. The number of benzene rings is 1. The van der Waals surface area contributed by atoms with Gasteiger partial charge in [0.25, 0.3) is 5.69 Å². The van der Waals surface area contributed by atoms with Crippen LogP contribution in [0, 0.1) is 10.1 Å². The predicted octanol–water partition coefficient (Wildman–Crippen LogP) is 2.32. The summed E-state index contributed by atoms with van der Waals surface area (Å²) >= 11 is 0. The first-order chi connectivity index (χ1) is 5.65. The molecule has 0 aliphatic carbocycles. The number of nitrogens with zero attached hydrogens (tertiary/aromatic N) is 1. The molecule has 13 heavy (non-hydrogen) atoms. The SMILES string of the molecule is Br.CCc1cc(N)ccc1[N+](=O)[O-]. The van der Waals surface area contributed by atoms with Gasteiger partial charge in [0.05, 0.1) is 4.92 Å². The molecule has 1 aromatic rings. The van der Waals surface area contributed by atoms with Crippen molar-refractivity contribution < 1.29 is 4.92 Å². The maximum absolute atomic E-state index is 10.5. The van der Waals surface area contributed by atoms with Crippen LogP contribution < -0.4 is 5.73 Å². The van der Waals surface area contributed by atoms with Gasteiger partial charge < -0.3 is 5.73 Å². The van der Waals surface area contributed by atoms with Crippen molar-refractivity contribution in [2.45, 2.75) is 13.3 Å². The van der Waals surface area contributed by atoms with Gasteiger partial charge in [0.1, 0.15) is 0 Å². The minimum Gasteiger partial charge on any atom is -0.399 e. The van der Waals surface area contributed by atoms with E-state index in [0.717, 1.165) is 0 Å². The Morgan fingerprint density at radius 2 is 2.15 bits per heavy atom. The van der Waals surface area contributed by atoms with Crippen LogP contribution in [0.25, 0.3) is 0 Å². The summed E-state index contributed by atoms with van der Waals surface area (Å²) in [5, 5.41) is 10.5. The summed E-state index contributed by atoms with van der Waals surface area (Å²) in [5.74, 6) is 0. The maximum atomic E-state index is 10.5. The Hall–Kier alpha value is -1.10. The van der Waals surface area contributed by atoms with Gasteiger partial charge in [0.2, 0.25) is 0 Å². The smallest absolute Gasteiger partial charge is 0.272 e. The van der Waals surface area contributed by atoms with Gasteiger partial charge in [0.15, 0.2) is 0 Å². The van der Waals surface area contributed by atoms with Crippen molar-refractivity contribution in [3.8, 4) is 0 Å². The molecule has 0 spiro atoms. The summed E-state index contributed by atoms with van der Waals surface area (Å²) in [7, 11) is 0. The molecule has 0 aliphatic heterocycles. The molecule has 0 aromatic heterocycles. The third-order valence-electron chi connectivity index (χ3n) is 1.68. The van der Waals surface area contributed by atoms with E-state index < -0.39 is 4.92 Å². The van der Waals surface area contributed by atoms with Gasteiger partial charge in [-0.05, 0) is 18.6 Å². The molecular formula is C8H11BrN2O2. The topological polar surface area (TPSA) is 69.2 Å². The molecule has 4 nitrogen and oxygen atoms in total. The van der Waals surface area contributed by atoms with Crippen LogP contribution in [-0.4, -0.2) is 4.92 Å². The standard InChI is InChI=1S/C8H10N2O2.BrH/c1-2-6-5-7(9)3-4-8(6)10(11)12;/h3-5H,2,9H2,1H3;1H. The van der Waals surface area contributed by atoms with Gasteiger partial charge in [-0.25, -0.2) is 0 Å². The Kier molecular flexibility index (Phi) is 4.40. The number of nitro groups is 1. The van der Waals surface area contributed by atoms with Crippen molar-refractivity contribution in [1.82, 2.24) is 0 Å². The average molecular weight is 247 g/mol.